The van der Waals surface area contributed by atoms with Crippen LogP contribution in [-0.4, -0.2) is 49.3 Å². The number of carbonyl (C=O) groups excluding carboxylic acids is 1. The number of rotatable bonds is 6. The summed E-state index contributed by atoms with van der Waals surface area (Å²) in [4.78, 5) is 21.8. The molecule has 0 radical (unpaired) electrons. The lowest BCUT2D eigenvalue weighted by molar-refractivity contribution is -0.143. The Balaban J connectivity index is 1.25. The van der Waals surface area contributed by atoms with Gasteiger partial charge < -0.3 is 19.3 Å². The summed E-state index contributed by atoms with van der Waals surface area (Å²) in [6.45, 7) is 6.53. The Labute approximate surface area is 260 Å². The molecular formula is C32H29F6N3O3S. The first-order valence-corrected chi connectivity index (χ1v) is 14.7. The van der Waals surface area contributed by atoms with Crippen LogP contribution in [0.2, 0.25) is 0 Å². The maximum atomic E-state index is 13.5. The average Bonchev–Trinajstić information content (AvgIpc) is 3.36. The number of methoxy groups -OCH3 is 1. The number of alkyl halides is 6. The molecule has 0 spiro atoms. The topological polar surface area (TPSA) is 54.4 Å². The third-order valence-electron chi connectivity index (χ3n) is 7.69. The molecule has 5 rings (SSSR count). The van der Waals surface area contributed by atoms with Crippen molar-refractivity contribution < 1.29 is 40.6 Å². The molecule has 13 heteroatoms. The summed E-state index contributed by atoms with van der Waals surface area (Å²) in [5.74, 6) is -0.131. The number of anilines is 1. The van der Waals surface area contributed by atoms with E-state index in [4.69, 9.17) is 9.47 Å². The second kappa shape index (κ2) is 12.7. The molecule has 0 atom stereocenters. The number of amidine groups is 1. The van der Waals surface area contributed by atoms with Gasteiger partial charge in [0.2, 0.25) is 0 Å². The van der Waals surface area contributed by atoms with Crippen molar-refractivity contribution >= 4 is 34.6 Å². The van der Waals surface area contributed by atoms with Crippen molar-refractivity contribution in [1.29, 1.82) is 0 Å². The smallest absolute Gasteiger partial charge is 0.416 e. The Bertz CT molecular complexity index is 1660. The first kappa shape index (κ1) is 32.3. The number of carbonyl (C=O) groups is 1. The molecule has 0 N–H and O–H groups in total. The van der Waals surface area contributed by atoms with Crippen molar-refractivity contribution in [2.45, 2.75) is 32.8 Å². The summed E-state index contributed by atoms with van der Waals surface area (Å²) in [5.41, 5.74) is 0.951. The first-order chi connectivity index (χ1) is 21.2. The lowest BCUT2D eigenvalue weighted by Crippen LogP contribution is -2.48. The van der Waals surface area contributed by atoms with Crippen LogP contribution in [0.5, 0.6) is 11.5 Å². The highest BCUT2D eigenvalue weighted by molar-refractivity contribution is 8.18. The van der Waals surface area contributed by atoms with Crippen molar-refractivity contribution in [1.82, 2.24) is 4.90 Å². The number of amides is 1. The molecule has 2 aliphatic heterocycles. The standard InChI is InChI=1S/C32H29F6N3O3S/c1-19-5-4-6-25(20(19)2)40-11-13-41(14-12-40)30-39-29(42)28(45-30)16-21-7-10-26(27(15-21)43-3)44-18-22-8-9-23(31(33,34)35)17-24(22)32(36,37)38/h4-10,15-17H,11-14,18H2,1-3H3/b28-16+. The van der Waals surface area contributed by atoms with Crippen molar-refractivity contribution in [2.75, 3.05) is 38.2 Å². The van der Waals surface area contributed by atoms with Gasteiger partial charge in [0.15, 0.2) is 16.7 Å². The highest BCUT2D eigenvalue weighted by atomic mass is 32.2. The number of piperazine rings is 1. The Morgan fingerprint density at radius 1 is 0.889 bits per heavy atom. The van der Waals surface area contributed by atoms with E-state index < -0.39 is 35.6 Å². The third kappa shape index (κ3) is 7.24. The number of aryl methyl sites for hydroxylation is 1. The molecule has 6 nitrogen and oxygen atoms in total. The fraction of sp³-hybridized carbons (Fsp3) is 0.312. The Hall–Kier alpha value is -4.13. The van der Waals surface area contributed by atoms with Gasteiger partial charge in [-0.2, -0.15) is 31.3 Å². The van der Waals surface area contributed by atoms with Crippen LogP contribution in [0, 0.1) is 13.8 Å². The molecule has 1 amide bonds. The van der Waals surface area contributed by atoms with Crippen LogP contribution in [0.3, 0.4) is 0 Å². The summed E-state index contributed by atoms with van der Waals surface area (Å²) in [5, 5.41) is 0.621. The molecule has 238 valence electrons. The van der Waals surface area contributed by atoms with Crippen LogP contribution in [0.1, 0.15) is 33.4 Å². The number of thioether (sulfide) groups is 1. The van der Waals surface area contributed by atoms with Crippen LogP contribution in [0.25, 0.3) is 6.08 Å². The quantitative estimate of drug-likeness (QED) is 0.201. The van der Waals surface area contributed by atoms with Gasteiger partial charge in [-0.25, -0.2) is 0 Å². The zero-order valence-corrected chi connectivity index (χ0v) is 25.4. The van der Waals surface area contributed by atoms with Crippen LogP contribution in [-0.2, 0) is 23.8 Å². The highest BCUT2D eigenvalue weighted by Crippen LogP contribution is 2.39. The van der Waals surface area contributed by atoms with Gasteiger partial charge in [-0.05, 0) is 78.7 Å². The lowest BCUT2D eigenvalue weighted by Gasteiger charge is -2.37. The van der Waals surface area contributed by atoms with Crippen LogP contribution < -0.4 is 14.4 Å². The van der Waals surface area contributed by atoms with Crippen molar-refractivity contribution in [3.05, 3.63) is 92.9 Å². The molecule has 0 aliphatic carbocycles. The first-order valence-electron chi connectivity index (χ1n) is 13.9. The zero-order valence-electron chi connectivity index (χ0n) is 24.6. The second-order valence-electron chi connectivity index (χ2n) is 10.6. The Kier molecular flexibility index (Phi) is 9.11. The average molecular weight is 650 g/mol. The summed E-state index contributed by atoms with van der Waals surface area (Å²) < 4.78 is 90.5. The SMILES string of the molecule is COc1cc(/C=C2/SC(N3CCN(c4cccc(C)c4C)CC3)=NC2=O)ccc1OCc1ccc(C(F)(F)F)cc1C(F)(F)F. The molecule has 45 heavy (non-hydrogen) atoms. The second-order valence-corrected chi connectivity index (χ2v) is 11.6. The molecule has 0 bridgehead atoms. The van der Waals surface area contributed by atoms with Crippen LogP contribution in [0.15, 0.2) is 64.5 Å². The van der Waals surface area contributed by atoms with Gasteiger partial charge in [-0.15, -0.1) is 0 Å². The lowest BCUT2D eigenvalue weighted by atomic mass is 10.0. The number of benzene rings is 3. The fourth-order valence-corrected chi connectivity index (χ4v) is 6.06. The predicted octanol–water partition coefficient (Wildman–Crippen LogP) is 7.72. The van der Waals surface area contributed by atoms with E-state index >= 15 is 0 Å². The van der Waals surface area contributed by atoms with Gasteiger partial charge in [0.05, 0.1) is 23.1 Å². The van der Waals surface area contributed by atoms with E-state index in [-0.39, 0.29) is 23.5 Å². The van der Waals surface area contributed by atoms with Gasteiger partial charge in [0.1, 0.15) is 6.61 Å². The van der Waals surface area contributed by atoms with E-state index in [0.29, 0.717) is 34.8 Å². The van der Waals surface area contributed by atoms with Gasteiger partial charge >= 0.3 is 12.4 Å². The molecule has 2 heterocycles. The van der Waals surface area contributed by atoms with E-state index in [1.54, 1.807) is 18.2 Å². The number of ether oxygens (including phenoxy) is 2. The minimum atomic E-state index is -5.01. The maximum Gasteiger partial charge on any atom is 0.416 e. The molecular weight excluding hydrogens is 620 g/mol. The summed E-state index contributed by atoms with van der Waals surface area (Å²) in [6.07, 6.45) is -8.30. The number of halogens is 6. The van der Waals surface area contributed by atoms with Crippen molar-refractivity contribution in [3.8, 4) is 11.5 Å². The fourth-order valence-electron chi connectivity index (χ4n) is 5.09. The molecule has 3 aromatic carbocycles. The maximum absolute atomic E-state index is 13.5. The van der Waals surface area contributed by atoms with Gasteiger partial charge in [0, 0.05) is 37.4 Å². The van der Waals surface area contributed by atoms with E-state index in [2.05, 4.69) is 40.8 Å². The van der Waals surface area contributed by atoms with E-state index in [1.807, 2.05) is 6.07 Å². The van der Waals surface area contributed by atoms with Gasteiger partial charge in [0.25, 0.3) is 5.91 Å². The number of aliphatic imine (C=N–C) groups is 1. The zero-order chi connectivity index (χ0) is 32.5. The van der Waals surface area contributed by atoms with Crippen LogP contribution >= 0.6 is 11.8 Å². The summed E-state index contributed by atoms with van der Waals surface area (Å²) >= 11 is 1.26. The minimum Gasteiger partial charge on any atom is -0.493 e. The molecule has 1 saturated heterocycles. The van der Waals surface area contributed by atoms with Crippen LogP contribution in [0.4, 0.5) is 32.0 Å². The third-order valence-corrected chi connectivity index (χ3v) is 8.73. The molecule has 2 aliphatic rings. The predicted molar refractivity (Wildman–Crippen MR) is 161 cm³/mol. The number of nitrogens with zero attached hydrogens (tertiary/aromatic N) is 3. The minimum absolute atomic E-state index is 0.0722. The van der Waals surface area contributed by atoms with Crippen molar-refractivity contribution in [3.63, 3.8) is 0 Å². The number of hydrogen-bond acceptors (Lipinski definition) is 6. The summed E-state index contributed by atoms with van der Waals surface area (Å²) in [7, 11) is 1.34. The Morgan fingerprint density at radius 2 is 1.60 bits per heavy atom. The number of hydrogen-bond donors (Lipinski definition) is 0. The van der Waals surface area contributed by atoms with Gasteiger partial charge in [-0.1, -0.05) is 24.3 Å². The van der Waals surface area contributed by atoms with E-state index in [1.165, 1.54) is 41.8 Å². The normalized spacial score (nSPS) is 16.8. The highest BCUT2D eigenvalue weighted by Gasteiger charge is 2.38. The Morgan fingerprint density at radius 3 is 2.27 bits per heavy atom. The largest absolute Gasteiger partial charge is 0.493 e. The van der Waals surface area contributed by atoms with E-state index in [9.17, 15) is 31.1 Å². The monoisotopic (exact) mass is 649 g/mol. The van der Waals surface area contributed by atoms with Crippen molar-refractivity contribution in [2.24, 2.45) is 4.99 Å². The summed E-state index contributed by atoms with van der Waals surface area (Å²) in [6, 6.07) is 12.3. The van der Waals surface area contributed by atoms with Gasteiger partial charge in [-0.3, -0.25) is 4.79 Å². The molecule has 0 aromatic heterocycles. The molecule has 3 aromatic rings. The molecule has 0 saturated carbocycles. The molecule has 0 unspecified atom stereocenters. The van der Waals surface area contributed by atoms with E-state index in [0.717, 1.165) is 19.2 Å². The molecule has 1 fully saturated rings.